The molecule has 26 heavy (non-hydrogen) atoms. The van der Waals surface area contributed by atoms with E-state index in [4.69, 9.17) is 9.47 Å². The predicted octanol–water partition coefficient (Wildman–Crippen LogP) is 5.48. The molecule has 1 rings (SSSR count). The van der Waals surface area contributed by atoms with Crippen LogP contribution >= 0.6 is 0 Å². The molecular formula is C22H34O4. The lowest BCUT2D eigenvalue weighted by Gasteiger charge is -2.06. The Morgan fingerprint density at radius 1 is 0.769 bits per heavy atom. The molecule has 0 spiro atoms. The number of unbranched alkanes of at least 4 members (excludes halogenated alkanes) is 7. The maximum Gasteiger partial charge on any atom is 0.338 e. The fourth-order valence-corrected chi connectivity index (χ4v) is 2.76. The fourth-order valence-electron chi connectivity index (χ4n) is 2.76. The summed E-state index contributed by atoms with van der Waals surface area (Å²) in [6.45, 7) is 4.47. The summed E-state index contributed by atoms with van der Waals surface area (Å²) in [6.07, 6.45) is 11.3. The third-order valence-corrected chi connectivity index (χ3v) is 4.34. The summed E-state index contributed by atoms with van der Waals surface area (Å²) in [5.74, 6) is -0.521. The molecule has 0 aliphatic heterocycles. The van der Waals surface area contributed by atoms with Gasteiger partial charge in [-0.2, -0.15) is 0 Å². The van der Waals surface area contributed by atoms with Crippen LogP contribution in [0.3, 0.4) is 0 Å². The molecule has 0 saturated heterocycles. The molecule has 4 nitrogen and oxygen atoms in total. The van der Waals surface area contributed by atoms with Gasteiger partial charge in [0.1, 0.15) is 0 Å². The Morgan fingerprint density at radius 2 is 1.35 bits per heavy atom. The summed E-state index contributed by atoms with van der Waals surface area (Å²) in [7, 11) is 0. The van der Waals surface area contributed by atoms with Crippen molar-refractivity contribution in [3.8, 4) is 0 Å². The third kappa shape index (κ3) is 10.9. The van der Waals surface area contributed by atoms with Gasteiger partial charge in [0.25, 0.3) is 0 Å². The molecule has 0 N–H and O–H groups in total. The Labute approximate surface area is 158 Å². The molecule has 0 fully saturated rings. The average molecular weight is 363 g/mol. The molecule has 1 aromatic rings. The van der Waals surface area contributed by atoms with Crippen LogP contribution in [0.1, 0.15) is 87.6 Å². The van der Waals surface area contributed by atoms with Crippen molar-refractivity contribution >= 4 is 11.9 Å². The van der Waals surface area contributed by atoms with E-state index in [0.29, 0.717) is 18.8 Å². The summed E-state index contributed by atoms with van der Waals surface area (Å²) < 4.78 is 10.1. The Bertz CT molecular complexity index is 507. The van der Waals surface area contributed by atoms with Gasteiger partial charge in [0.2, 0.25) is 0 Å². The van der Waals surface area contributed by atoms with Crippen molar-refractivity contribution < 1.29 is 19.1 Å². The Hall–Kier alpha value is -1.84. The van der Waals surface area contributed by atoms with Gasteiger partial charge >= 0.3 is 11.9 Å². The maximum absolute atomic E-state index is 12.0. The zero-order valence-corrected chi connectivity index (χ0v) is 16.4. The Balaban J connectivity index is 2.14. The van der Waals surface area contributed by atoms with E-state index in [9.17, 15) is 9.59 Å². The van der Waals surface area contributed by atoms with Crippen molar-refractivity contribution in [2.45, 2.75) is 78.1 Å². The molecule has 0 radical (unpaired) electrons. The van der Waals surface area contributed by atoms with Gasteiger partial charge in [-0.3, -0.25) is 4.79 Å². The second-order valence-electron chi connectivity index (χ2n) is 6.75. The zero-order valence-electron chi connectivity index (χ0n) is 16.4. The Kier molecular flexibility index (Phi) is 12.2. The molecule has 146 valence electrons. The van der Waals surface area contributed by atoms with Gasteiger partial charge < -0.3 is 9.47 Å². The second-order valence-corrected chi connectivity index (χ2v) is 6.75. The minimum Gasteiger partial charge on any atom is -0.466 e. The highest BCUT2D eigenvalue weighted by atomic mass is 16.5. The number of esters is 2. The van der Waals surface area contributed by atoms with Crippen LogP contribution in [0.5, 0.6) is 0 Å². The minimum atomic E-state index is -0.267. The van der Waals surface area contributed by atoms with E-state index < -0.39 is 0 Å². The highest BCUT2D eigenvalue weighted by Gasteiger charge is 2.06. The molecule has 0 aliphatic rings. The monoisotopic (exact) mass is 362 g/mol. The number of aryl methyl sites for hydroxylation is 1. The molecule has 1 aromatic carbocycles. The van der Waals surface area contributed by atoms with E-state index in [2.05, 4.69) is 6.92 Å². The van der Waals surface area contributed by atoms with Crippen LogP contribution in [-0.2, 0) is 20.7 Å². The molecular weight excluding hydrogens is 328 g/mol. The van der Waals surface area contributed by atoms with E-state index in [-0.39, 0.29) is 11.9 Å². The fraction of sp³-hybridized carbons (Fsp3) is 0.636. The third-order valence-electron chi connectivity index (χ3n) is 4.34. The first-order chi connectivity index (χ1) is 12.6. The minimum absolute atomic E-state index is 0.253. The van der Waals surface area contributed by atoms with Crippen molar-refractivity contribution in [3.05, 3.63) is 35.4 Å². The molecule has 0 saturated carbocycles. The van der Waals surface area contributed by atoms with Gasteiger partial charge in [0.15, 0.2) is 0 Å². The van der Waals surface area contributed by atoms with Gasteiger partial charge in [0.05, 0.1) is 18.8 Å². The van der Waals surface area contributed by atoms with Gasteiger partial charge in [-0.1, -0.05) is 51.2 Å². The average Bonchev–Trinajstić information content (AvgIpc) is 2.64. The second kappa shape index (κ2) is 14.3. The maximum atomic E-state index is 12.0. The van der Waals surface area contributed by atoms with Gasteiger partial charge in [-0.15, -0.1) is 0 Å². The number of benzene rings is 1. The summed E-state index contributed by atoms with van der Waals surface area (Å²) in [5.41, 5.74) is 1.89. The summed E-state index contributed by atoms with van der Waals surface area (Å²) in [6, 6.07) is 7.77. The summed E-state index contributed by atoms with van der Waals surface area (Å²) in [5, 5.41) is 0. The van der Waals surface area contributed by atoms with Crippen LogP contribution in [0.2, 0.25) is 0 Å². The molecule has 0 amide bonds. The van der Waals surface area contributed by atoms with Crippen LogP contribution in [0, 0.1) is 0 Å². The lowest BCUT2D eigenvalue weighted by atomic mass is 10.0. The number of ether oxygens (including phenoxy) is 2. The van der Waals surface area contributed by atoms with Crippen molar-refractivity contribution in [1.29, 1.82) is 0 Å². The van der Waals surface area contributed by atoms with Crippen LogP contribution in [0.25, 0.3) is 0 Å². The lowest BCUT2D eigenvalue weighted by molar-refractivity contribution is -0.141. The van der Waals surface area contributed by atoms with Crippen molar-refractivity contribution in [3.63, 3.8) is 0 Å². The number of carbonyl (C=O) groups excluding carboxylic acids is 2. The largest absolute Gasteiger partial charge is 0.466 e. The van der Waals surface area contributed by atoms with Crippen LogP contribution in [-0.4, -0.2) is 25.2 Å². The van der Waals surface area contributed by atoms with Crippen molar-refractivity contribution in [1.82, 2.24) is 0 Å². The number of rotatable bonds is 14. The molecule has 0 bridgehead atoms. The standard InChI is InChI=1S/C22H34O4/c1-3-4-5-6-7-9-12-20-13-15-21(16-14-20)22(24)26-18-11-8-10-17-25-19(2)23/h13-16H,3-12,17-18H2,1-2H3. The van der Waals surface area contributed by atoms with Crippen molar-refractivity contribution in [2.75, 3.05) is 13.2 Å². The quantitative estimate of drug-likeness (QED) is 0.325. The van der Waals surface area contributed by atoms with Crippen LogP contribution in [0.15, 0.2) is 24.3 Å². The first-order valence-corrected chi connectivity index (χ1v) is 10.0. The van der Waals surface area contributed by atoms with E-state index in [1.165, 1.54) is 51.0 Å². The number of hydrogen-bond donors (Lipinski definition) is 0. The molecule has 0 aliphatic carbocycles. The highest BCUT2D eigenvalue weighted by Crippen LogP contribution is 2.12. The zero-order chi connectivity index (χ0) is 19.0. The highest BCUT2D eigenvalue weighted by molar-refractivity contribution is 5.89. The molecule has 0 aromatic heterocycles. The van der Waals surface area contributed by atoms with Gasteiger partial charge in [-0.25, -0.2) is 4.79 Å². The first-order valence-electron chi connectivity index (χ1n) is 10.0. The van der Waals surface area contributed by atoms with E-state index in [0.717, 1.165) is 25.7 Å². The molecule has 0 unspecified atom stereocenters. The molecule has 4 heteroatoms. The SMILES string of the molecule is CCCCCCCCc1ccc(C(=O)OCCCCCOC(C)=O)cc1. The predicted molar refractivity (Wildman–Crippen MR) is 104 cm³/mol. The van der Waals surface area contributed by atoms with Crippen LogP contribution in [0.4, 0.5) is 0 Å². The smallest absolute Gasteiger partial charge is 0.338 e. The van der Waals surface area contributed by atoms with E-state index in [1.54, 1.807) is 0 Å². The summed E-state index contributed by atoms with van der Waals surface area (Å²) in [4.78, 5) is 22.6. The molecule has 0 heterocycles. The topological polar surface area (TPSA) is 52.6 Å². The number of hydrogen-bond acceptors (Lipinski definition) is 4. The van der Waals surface area contributed by atoms with E-state index in [1.807, 2.05) is 24.3 Å². The normalized spacial score (nSPS) is 10.5. The summed E-state index contributed by atoms with van der Waals surface area (Å²) >= 11 is 0. The van der Waals surface area contributed by atoms with Gasteiger partial charge in [-0.05, 0) is 49.8 Å². The van der Waals surface area contributed by atoms with Crippen LogP contribution < -0.4 is 0 Å². The van der Waals surface area contributed by atoms with Gasteiger partial charge in [0, 0.05) is 6.92 Å². The van der Waals surface area contributed by atoms with E-state index >= 15 is 0 Å². The number of carbonyl (C=O) groups is 2. The molecule has 0 atom stereocenters. The first kappa shape index (κ1) is 22.2. The van der Waals surface area contributed by atoms with Crippen molar-refractivity contribution in [2.24, 2.45) is 0 Å². The Morgan fingerprint density at radius 3 is 2.00 bits per heavy atom. The lowest BCUT2D eigenvalue weighted by Crippen LogP contribution is -2.07.